The third-order valence-corrected chi connectivity index (χ3v) is 3.60. The number of aryl methyl sites for hydroxylation is 2. The Kier molecular flexibility index (Phi) is 3.48. The van der Waals surface area contributed by atoms with Crippen LogP contribution in [0.2, 0.25) is 0 Å². The molecule has 0 bridgehead atoms. The molecular weight excluding hydrogens is 266 g/mol. The number of benzene rings is 1. The standard InChI is InChI=1S/C11H9N5O2S/c1-7-3-10(19-11-14-13-6-15(11)2)8(5-12)4-9(7)16(17)18/h3-4,6H,1-2H3. The zero-order valence-corrected chi connectivity index (χ0v) is 11.0. The lowest BCUT2D eigenvalue weighted by molar-refractivity contribution is -0.385. The largest absolute Gasteiger partial charge is 0.311 e. The molecule has 0 fully saturated rings. The smallest absolute Gasteiger partial charge is 0.273 e. The molecule has 1 aromatic heterocycles. The molecule has 0 spiro atoms. The Hall–Kier alpha value is -2.40. The molecule has 96 valence electrons. The number of hydrogen-bond acceptors (Lipinski definition) is 6. The van der Waals surface area contributed by atoms with Gasteiger partial charge in [0.05, 0.1) is 10.5 Å². The summed E-state index contributed by atoms with van der Waals surface area (Å²) in [4.78, 5) is 11.0. The van der Waals surface area contributed by atoms with Crippen LogP contribution in [0, 0.1) is 28.4 Å². The van der Waals surface area contributed by atoms with E-state index in [1.807, 2.05) is 6.07 Å². The van der Waals surface area contributed by atoms with Crippen molar-refractivity contribution in [3.8, 4) is 6.07 Å². The van der Waals surface area contributed by atoms with Gasteiger partial charge in [-0.1, -0.05) is 0 Å². The molecule has 1 heterocycles. The molecule has 8 heteroatoms. The fraction of sp³-hybridized carbons (Fsp3) is 0.182. The SMILES string of the molecule is Cc1cc(Sc2nncn2C)c(C#N)cc1[N+](=O)[O-]. The highest BCUT2D eigenvalue weighted by molar-refractivity contribution is 7.99. The quantitative estimate of drug-likeness (QED) is 0.628. The minimum atomic E-state index is -0.493. The van der Waals surface area contributed by atoms with Crippen molar-refractivity contribution < 1.29 is 4.92 Å². The Morgan fingerprint density at radius 3 is 2.79 bits per heavy atom. The molecule has 7 nitrogen and oxygen atoms in total. The Bertz CT molecular complexity index is 689. The molecule has 0 saturated carbocycles. The predicted octanol–water partition coefficient (Wildman–Crippen LogP) is 2.05. The molecule has 0 radical (unpaired) electrons. The molecule has 0 aliphatic carbocycles. The van der Waals surface area contributed by atoms with Crippen molar-refractivity contribution in [1.29, 1.82) is 5.26 Å². The molecule has 0 unspecified atom stereocenters. The van der Waals surface area contributed by atoms with Crippen LogP contribution in [0.1, 0.15) is 11.1 Å². The van der Waals surface area contributed by atoms with E-state index in [1.165, 1.54) is 17.8 Å². The second-order valence-corrected chi connectivity index (χ2v) is 4.84. The van der Waals surface area contributed by atoms with Gasteiger partial charge < -0.3 is 4.57 Å². The fourth-order valence-corrected chi connectivity index (χ4v) is 2.43. The first-order valence-electron chi connectivity index (χ1n) is 5.24. The van der Waals surface area contributed by atoms with Gasteiger partial charge in [0, 0.05) is 23.6 Å². The van der Waals surface area contributed by atoms with Crippen molar-refractivity contribution in [2.24, 2.45) is 7.05 Å². The number of hydrogen-bond donors (Lipinski definition) is 0. The lowest BCUT2D eigenvalue weighted by Gasteiger charge is -2.05. The van der Waals surface area contributed by atoms with Crippen LogP contribution in [0.15, 0.2) is 28.5 Å². The van der Waals surface area contributed by atoms with E-state index in [2.05, 4.69) is 10.2 Å². The molecule has 1 aromatic carbocycles. The molecule has 0 amide bonds. The highest BCUT2D eigenvalue weighted by Gasteiger charge is 2.17. The summed E-state index contributed by atoms with van der Waals surface area (Å²) in [6.07, 6.45) is 1.55. The van der Waals surface area contributed by atoms with Crippen molar-refractivity contribution in [3.63, 3.8) is 0 Å². The van der Waals surface area contributed by atoms with Crippen LogP contribution in [0.3, 0.4) is 0 Å². The van der Waals surface area contributed by atoms with Gasteiger partial charge in [0.15, 0.2) is 5.16 Å². The third-order valence-electron chi connectivity index (χ3n) is 2.49. The van der Waals surface area contributed by atoms with Gasteiger partial charge in [0.1, 0.15) is 12.4 Å². The zero-order valence-electron chi connectivity index (χ0n) is 10.2. The summed E-state index contributed by atoms with van der Waals surface area (Å²) in [7, 11) is 1.78. The molecular formula is C11H9N5O2S. The van der Waals surface area contributed by atoms with E-state index in [4.69, 9.17) is 5.26 Å². The van der Waals surface area contributed by atoms with Gasteiger partial charge in [-0.25, -0.2) is 0 Å². The molecule has 2 aromatic rings. The lowest BCUT2D eigenvalue weighted by atomic mass is 10.1. The van der Waals surface area contributed by atoms with Crippen LogP contribution in [0.25, 0.3) is 0 Å². The van der Waals surface area contributed by atoms with Crippen LogP contribution in [-0.4, -0.2) is 19.7 Å². The summed E-state index contributed by atoms with van der Waals surface area (Å²) in [5, 5.41) is 28.2. The number of aromatic nitrogens is 3. The lowest BCUT2D eigenvalue weighted by Crippen LogP contribution is -1.95. The zero-order chi connectivity index (χ0) is 14.0. The van der Waals surface area contributed by atoms with Gasteiger partial charge in [-0.2, -0.15) is 5.26 Å². The molecule has 19 heavy (non-hydrogen) atoms. The topological polar surface area (TPSA) is 97.6 Å². The molecule has 0 aliphatic rings. The Labute approximate surface area is 113 Å². The first kappa shape index (κ1) is 13.0. The van der Waals surface area contributed by atoms with Crippen molar-refractivity contribution in [1.82, 2.24) is 14.8 Å². The van der Waals surface area contributed by atoms with E-state index in [1.54, 1.807) is 30.9 Å². The van der Waals surface area contributed by atoms with E-state index in [0.717, 1.165) is 0 Å². The average molecular weight is 275 g/mol. The highest BCUT2D eigenvalue weighted by Crippen LogP contribution is 2.32. The number of nitro groups is 1. The molecule has 2 rings (SSSR count). The number of nitro benzene ring substituents is 1. The van der Waals surface area contributed by atoms with E-state index in [0.29, 0.717) is 15.6 Å². The first-order valence-corrected chi connectivity index (χ1v) is 6.05. The summed E-state index contributed by atoms with van der Waals surface area (Å²) in [5.74, 6) is 0. The summed E-state index contributed by atoms with van der Waals surface area (Å²) < 4.78 is 1.71. The maximum atomic E-state index is 10.8. The van der Waals surface area contributed by atoms with Crippen LogP contribution in [0.5, 0.6) is 0 Å². The van der Waals surface area contributed by atoms with E-state index >= 15 is 0 Å². The van der Waals surface area contributed by atoms with Gasteiger partial charge in [0.2, 0.25) is 0 Å². The maximum Gasteiger partial charge on any atom is 0.273 e. The van der Waals surface area contributed by atoms with Gasteiger partial charge >= 0.3 is 0 Å². The summed E-state index contributed by atoms with van der Waals surface area (Å²) in [5.41, 5.74) is 0.706. The van der Waals surface area contributed by atoms with Gasteiger partial charge in [0.25, 0.3) is 5.69 Å². The molecule has 0 aliphatic heterocycles. The van der Waals surface area contributed by atoms with E-state index < -0.39 is 4.92 Å². The summed E-state index contributed by atoms with van der Waals surface area (Å²) >= 11 is 1.25. The highest BCUT2D eigenvalue weighted by atomic mass is 32.2. The molecule has 0 atom stereocenters. The van der Waals surface area contributed by atoms with Crippen molar-refractivity contribution >= 4 is 17.4 Å². The average Bonchev–Trinajstić information content (AvgIpc) is 2.75. The van der Waals surface area contributed by atoms with Crippen LogP contribution in [0.4, 0.5) is 5.69 Å². The third kappa shape index (κ3) is 2.56. The number of nitriles is 1. The van der Waals surface area contributed by atoms with E-state index in [-0.39, 0.29) is 11.3 Å². The fourth-order valence-electron chi connectivity index (χ4n) is 1.50. The van der Waals surface area contributed by atoms with Crippen LogP contribution in [-0.2, 0) is 7.05 Å². The van der Waals surface area contributed by atoms with Gasteiger partial charge in [-0.3, -0.25) is 10.1 Å². The summed E-state index contributed by atoms with van der Waals surface area (Å²) in [6, 6.07) is 4.87. The maximum absolute atomic E-state index is 10.8. The minimum absolute atomic E-state index is 0.0566. The monoisotopic (exact) mass is 275 g/mol. The van der Waals surface area contributed by atoms with Crippen molar-refractivity contribution in [3.05, 3.63) is 39.7 Å². The molecule has 0 saturated heterocycles. The van der Waals surface area contributed by atoms with Crippen LogP contribution >= 0.6 is 11.8 Å². The van der Waals surface area contributed by atoms with Crippen molar-refractivity contribution in [2.75, 3.05) is 0 Å². The Morgan fingerprint density at radius 1 is 1.53 bits per heavy atom. The van der Waals surface area contributed by atoms with E-state index in [9.17, 15) is 10.1 Å². The second kappa shape index (κ2) is 5.07. The summed E-state index contributed by atoms with van der Waals surface area (Å²) in [6.45, 7) is 1.64. The number of rotatable bonds is 3. The molecule has 0 N–H and O–H groups in total. The second-order valence-electron chi connectivity index (χ2n) is 3.83. The number of nitrogens with zero attached hydrogens (tertiary/aromatic N) is 5. The predicted molar refractivity (Wildman–Crippen MR) is 67.7 cm³/mol. The van der Waals surface area contributed by atoms with Gasteiger partial charge in [-0.15, -0.1) is 10.2 Å². The Balaban J connectivity index is 2.47. The Morgan fingerprint density at radius 2 is 2.26 bits per heavy atom. The van der Waals surface area contributed by atoms with Gasteiger partial charge in [-0.05, 0) is 24.8 Å². The van der Waals surface area contributed by atoms with Crippen LogP contribution < -0.4 is 0 Å². The minimum Gasteiger partial charge on any atom is -0.311 e. The first-order chi connectivity index (χ1) is 9.02. The van der Waals surface area contributed by atoms with Crippen molar-refractivity contribution in [2.45, 2.75) is 17.0 Å². The normalized spacial score (nSPS) is 10.2.